The van der Waals surface area contributed by atoms with Gasteiger partial charge in [0, 0.05) is 25.7 Å². The fraction of sp³-hybridized carbons (Fsp3) is 0.611. The molecular weight excluding hydrogens is 334 g/mol. The zero-order chi connectivity index (χ0) is 17.6. The third-order valence-electron chi connectivity index (χ3n) is 4.87. The number of unbranched alkanes of at least 4 members (excludes halogenated alkanes) is 1. The minimum absolute atomic E-state index is 0.00641. The van der Waals surface area contributed by atoms with E-state index in [1.54, 1.807) is 17.7 Å². The van der Waals surface area contributed by atoms with Gasteiger partial charge in [0.2, 0.25) is 5.91 Å². The van der Waals surface area contributed by atoms with Crippen LogP contribution in [0.1, 0.15) is 39.0 Å². The first-order valence-electron chi connectivity index (χ1n) is 9.16. The fourth-order valence-electron chi connectivity index (χ4n) is 3.43. The Morgan fingerprint density at radius 1 is 1.52 bits per heavy atom. The van der Waals surface area contributed by atoms with Crippen LogP contribution in [0.25, 0.3) is 10.2 Å². The van der Waals surface area contributed by atoms with Crippen molar-refractivity contribution in [3.63, 3.8) is 0 Å². The molecule has 6 nitrogen and oxygen atoms in total. The number of piperidine rings is 1. The van der Waals surface area contributed by atoms with E-state index < -0.39 is 0 Å². The van der Waals surface area contributed by atoms with Crippen LogP contribution in [0.4, 0.5) is 5.82 Å². The van der Waals surface area contributed by atoms with Gasteiger partial charge < -0.3 is 16.0 Å². The number of anilines is 1. The molecule has 1 aliphatic heterocycles. The van der Waals surface area contributed by atoms with Gasteiger partial charge in [0.15, 0.2) is 0 Å². The number of carbonyl (C=O) groups excluding carboxylic acids is 1. The summed E-state index contributed by atoms with van der Waals surface area (Å²) in [7, 11) is 0. The van der Waals surface area contributed by atoms with Crippen molar-refractivity contribution in [2.45, 2.75) is 45.1 Å². The van der Waals surface area contributed by atoms with Crippen LogP contribution in [0, 0.1) is 5.92 Å². The van der Waals surface area contributed by atoms with E-state index in [4.69, 9.17) is 5.73 Å². The van der Waals surface area contributed by atoms with Crippen molar-refractivity contribution < 1.29 is 4.79 Å². The molecule has 136 valence electrons. The van der Waals surface area contributed by atoms with Crippen LogP contribution < -0.4 is 16.0 Å². The summed E-state index contributed by atoms with van der Waals surface area (Å²) in [6, 6.07) is 2.15. The molecule has 2 unspecified atom stereocenters. The molecule has 3 rings (SSSR count). The van der Waals surface area contributed by atoms with Gasteiger partial charge >= 0.3 is 0 Å². The summed E-state index contributed by atoms with van der Waals surface area (Å²) in [4.78, 5) is 24.7. The number of aromatic nitrogens is 2. The number of nitrogens with one attached hydrogen (secondary N) is 1. The molecule has 25 heavy (non-hydrogen) atoms. The lowest BCUT2D eigenvalue weighted by atomic mass is 9.96. The summed E-state index contributed by atoms with van der Waals surface area (Å²) in [5.74, 6) is 1.07. The third kappa shape index (κ3) is 4.27. The second-order valence-electron chi connectivity index (χ2n) is 6.71. The second-order valence-corrected chi connectivity index (χ2v) is 7.60. The number of amides is 1. The van der Waals surface area contributed by atoms with Crippen LogP contribution in [0.3, 0.4) is 0 Å². The molecule has 1 amide bonds. The minimum atomic E-state index is -0.00641. The number of nitrogens with two attached hydrogens (primary N) is 1. The summed E-state index contributed by atoms with van der Waals surface area (Å²) in [6.07, 6.45) is 6.70. The molecule has 0 aliphatic carbocycles. The van der Waals surface area contributed by atoms with E-state index >= 15 is 0 Å². The molecule has 3 heterocycles. The molecule has 1 fully saturated rings. The normalized spacial score (nSPS) is 19.1. The highest BCUT2D eigenvalue weighted by atomic mass is 32.1. The molecule has 0 bridgehead atoms. The Labute approximate surface area is 152 Å². The molecule has 1 saturated heterocycles. The molecule has 1 aliphatic rings. The van der Waals surface area contributed by atoms with E-state index in [9.17, 15) is 4.79 Å². The van der Waals surface area contributed by atoms with Gasteiger partial charge in [-0.15, -0.1) is 11.3 Å². The van der Waals surface area contributed by atoms with Crippen molar-refractivity contribution in [3.8, 4) is 0 Å². The van der Waals surface area contributed by atoms with E-state index in [2.05, 4.69) is 33.2 Å². The van der Waals surface area contributed by atoms with Crippen LogP contribution >= 0.6 is 11.3 Å². The fourth-order valence-corrected chi connectivity index (χ4v) is 4.16. The summed E-state index contributed by atoms with van der Waals surface area (Å²) in [6.45, 7) is 4.30. The van der Waals surface area contributed by atoms with E-state index in [-0.39, 0.29) is 17.9 Å². The Hall–Kier alpha value is -1.73. The number of nitrogens with zero attached hydrogens (tertiary/aromatic N) is 3. The zero-order valence-electron chi connectivity index (χ0n) is 14.8. The highest BCUT2D eigenvalue weighted by molar-refractivity contribution is 7.16. The monoisotopic (exact) mass is 361 g/mol. The molecule has 0 radical (unpaired) electrons. The maximum absolute atomic E-state index is 12.7. The Balaban J connectivity index is 1.66. The van der Waals surface area contributed by atoms with Gasteiger partial charge in [-0.1, -0.05) is 19.8 Å². The van der Waals surface area contributed by atoms with Crippen molar-refractivity contribution >= 4 is 33.3 Å². The molecule has 2 aromatic rings. The lowest BCUT2D eigenvalue weighted by Crippen LogP contribution is -2.48. The highest BCUT2D eigenvalue weighted by Crippen LogP contribution is 2.30. The molecule has 3 N–H and O–H groups in total. The van der Waals surface area contributed by atoms with E-state index in [1.807, 2.05) is 5.38 Å². The molecule has 0 spiro atoms. The third-order valence-corrected chi connectivity index (χ3v) is 5.69. The smallest absolute Gasteiger partial charge is 0.225 e. The molecular formula is C18H27N5OS. The quantitative estimate of drug-likeness (QED) is 0.792. The number of thiophene rings is 1. The summed E-state index contributed by atoms with van der Waals surface area (Å²) in [5, 5.41) is 6.27. The van der Waals surface area contributed by atoms with Gasteiger partial charge in [0.25, 0.3) is 0 Å². The zero-order valence-corrected chi connectivity index (χ0v) is 15.6. The molecule has 0 aromatic carbocycles. The van der Waals surface area contributed by atoms with Gasteiger partial charge in [-0.25, -0.2) is 9.97 Å². The Morgan fingerprint density at radius 3 is 3.20 bits per heavy atom. The molecule has 2 aromatic heterocycles. The van der Waals surface area contributed by atoms with Gasteiger partial charge in [-0.05, 0) is 30.7 Å². The molecule has 0 saturated carbocycles. The summed E-state index contributed by atoms with van der Waals surface area (Å²) >= 11 is 1.62. The predicted octanol–water partition coefficient (Wildman–Crippen LogP) is 2.54. The maximum atomic E-state index is 12.7. The van der Waals surface area contributed by atoms with E-state index in [0.29, 0.717) is 13.1 Å². The Kier molecular flexibility index (Phi) is 6.20. The number of hydrogen-bond acceptors (Lipinski definition) is 6. The van der Waals surface area contributed by atoms with E-state index in [0.717, 1.165) is 54.7 Å². The number of hydrogen-bond donors (Lipinski definition) is 2. The van der Waals surface area contributed by atoms with Crippen molar-refractivity contribution in [2.75, 3.05) is 24.5 Å². The SMILES string of the molecule is CCCCC(CN)NC(=O)C1CCCN(c2ncnc3sccc23)C1. The van der Waals surface area contributed by atoms with Gasteiger partial charge in [0.1, 0.15) is 17.0 Å². The van der Waals surface area contributed by atoms with Crippen LogP contribution in [0.15, 0.2) is 17.8 Å². The molecule has 7 heteroatoms. The van der Waals surface area contributed by atoms with Crippen LogP contribution in [0.2, 0.25) is 0 Å². The van der Waals surface area contributed by atoms with Gasteiger partial charge in [0.05, 0.1) is 11.3 Å². The topological polar surface area (TPSA) is 84.1 Å². The number of fused-ring (bicyclic) bond motifs is 1. The predicted molar refractivity (Wildman–Crippen MR) is 103 cm³/mol. The average molecular weight is 362 g/mol. The van der Waals surface area contributed by atoms with Crippen LogP contribution in [0.5, 0.6) is 0 Å². The lowest BCUT2D eigenvalue weighted by Gasteiger charge is -2.33. The van der Waals surface area contributed by atoms with Crippen LogP contribution in [-0.2, 0) is 4.79 Å². The summed E-state index contributed by atoms with van der Waals surface area (Å²) in [5.41, 5.74) is 5.82. The van der Waals surface area contributed by atoms with Crippen molar-refractivity contribution in [1.82, 2.24) is 15.3 Å². The van der Waals surface area contributed by atoms with Crippen molar-refractivity contribution in [2.24, 2.45) is 11.7 Å². The largest absolute Gasteiger partial charge is 0.355 e. The summed E-state index contributed by atoms with van der Waals surface area (Å²) < 4.78 is 0. The van der Waals surface area contributed by atoms with Crippen molar-refractivity contribution in [3.05, 3.63) is 17.8 Å². The van der Waals surface area contributed by atoms with Crippen LogP contribution in [-0.4, -0.2) is 41.6 Å². The standard InChI is InChI=1S/C18H27N5OS/c1-2-3-6-14(10-19)22-17(24)13-5-4-8-23(11-13)16-15-7-9-25-18(15)21-12-20-16/h7,9,12-14H,2-6,8,10-11,19H2,1H3,(H,22,24). The average Bonchev–Trinajstić information content (AvgIpc) is 3.13. The Morgan fingerprint density at radius 2 is 2.40 bits per heavy atom. The first-order valence-corrected chi connectivity index (χ1v) is 10.0. The first kappa shape index (κ1) is 18.1. The minimum Gasteiger partial charge on any atom is -0.355 e. The first-order chi connectivity index (χ1) is 12.2. The van der Waals surface area contributed by atoms with Gasteiger partial charge in [-0.3, -0.25) is 4.79 Å². The van der Waals surface area contributed by atoms with Crippen molar-refractivity contribution in [1.29, 1.82) is 0 Å². The lowest BCUT2D eigenvalue weighted by molar-refractivity contribution is -0.126. The number of rotatable bonds is 7. The second kappa shape index (κ2) is 8.58. The highest BCUT2D eigenvalue weighted by Gasteiger charge is 2.28. The van der Waals surface area contributed by atoms with Gasteiger partial charge in [-0.2, -0.15) is 0 Å². The Bertz CT molecular complexity index is 704. The maximum Gasteiger partial charge on any atom is 0.225 e. The molecule has 2 atom stereocenters. The van der Waals surface area contributed by atoms with E-state index in [1.165, 1.54) is 0 Å². The number of carbonyl (C=O) groups is 1.